The highest BCUT2D eigenvalue weighted by atomic mass is 16.5. The van der Waals surface area contributed by atoms with Crippen molar-refractivity contribution in [1.82, 2.24) is 0 Å². The van der Waals surface area contributed by atoms with E-state index in [0.29, 0.717) is 12.3 Å². The minimum atomic E-state index is 0.300. The van der Waals surface area contributed by atoms with Crippen LogP contribution in [0.5, 0.6) is 0 Å². The summed E-state index contributed by atoms with van der Waals surface area (Å²) in [6.45, 7) is 0.300. The summed E-state index contributed by atoms with van der Waals surface area (Å²) in [6.07, 6.45) is 0. The number of hydrogen-bond acceptors (Lipinski definition) is 3. The van der Waals surface area contributed by atoms with Gasteiger partial charge >= 0.3 is 0 Å². The molecule has 0 radical (unpaired) electrons. The van der Waals surface area contributed by atoms with Gasteiger partial charge in [0.05, 0.1) is 6.61 Å². The van der Waals surface area contributed by atoms with Gasteiger partial charge in [0.2, 0.25) is 0 Å². The molecule has 0 unspecified atom stereocenters. The van der Waals surface area contributed by atoms with Gasteiger partial charge in [-0.25, -0.2) is 0 Å². The number of hydrogen-bond donors (Lipinski definition) is 1. The Balaban J connectivity index is 2.46. The number of ether oxygens (including phenoxy) is 1. The van der Waals surface area contributed by atoms with Crippen molar-refractivity contribution in [3.63, 3.8) is 0 Å². The summed E-state index contributed by atoms with van der Waals surface area (Å²) in [7, 11) is 1.58. The Morgan fingerprint density at radius 2 is 1.94 bits per heavy atom. The van der Waals surface area contributed by atoms with Crippen molar-refractivity contribution < 1.29 is 9.94 Å². The summed E-state index contributed by atoms with van der Waals surface area (Å²) in [4.78, 5) is 0. The lowest BCUT2D eigenvalue weighted by Gasteiger charge is -2.05. The number of nitrogens with zero attached hydrogens (tertiary/aromatic N) is 1. The smallest absolute Gasteiger partial charge is 0.112 e. The number of benzene rings is 2. The van der Waals surface area contributed by atoms with E-state index in [1.54, 1.807) is 7.11 Å². The standard InChI is InChI=1S/C13H13NO2/c1-16-9-13(14-15)12-7-6-10-4-2-3-5-11(10)8-12/h2-8,15H,9H2,1H3. The van der Waals surface area contributed by atoms with Gasteiger partial charge in [0.1, 0.15) is 5.71 Å². The largest absolute Gasteiger partial charge is 0.411 e. The summed E-state index contributed by atoms with van der Waals surface area (Å²) in [5.74, 6) is 0. The van der Waals surface area contributed by atoms with Crippen LogP contribution in [-0.4, -0.2) is 24.6 Å². The molecule has 3 heteroatoms. The molecular formula is C13H13NO2. The highest BCUT2D eigenvalue weighted by Gasteiger charge is 2.04. The minimum Gasteiger partial charge on any atom is -0.411 e. The lowest BCUT2D eigenvalue weighted by Crippen LogP contribution is -2.08. The van der Waals surface area contributed by atoms with Crippen LogP contribution in [0.1, 0.15) is 5.56 Å². The van der Waals surface area contributed by atoms with Crippen LogP contribution in [0, 0.1) is 0 Å². The number of rotatable bonds is 3. The summed E-state index contributed by atoms with van der Waals surface area (Å²) >= 11 is 0. The van der Waals surface area contributed by atoms with Gasteiger partial charge in [0.25, 0.3) is 0 Å². The Bertz CT molecular complexity index is 520. The molecule has 0 amide bonds. The third kappa shape index (κ3) is 2.04. The third-order valence-electron chi connectivity index (χ3n) is 2.48. The van der Waals surface area contributed by atoms with Crippen LogP contribution >= 0.6 is 0 Å². The van der Waals surface area contributed by atoms with E-state index < -0.39 is 0 Å². The first-order valence-electron chi connectivity index (χ1n) is 5.04. The first kappa shape index (κ1) is 10.6. The summed E-state index contributed by atoms with van der Waals surface area (Å²) in [5, 5.41) is 14.4. The van der Waals surface area contributed by atoms with Gasteiger partial charge in [-0.3, -0.25) is 0 Å². The summed E-state index contributed by atoms with van der Waals surface area (Å²) in [6, 6.07) is 14.0. The quantitative estimate of drug-likeness (QED) is 0.486. The van der Waals surface area contributed by atoms with E-state index in [0.717, 1.165) is 10.9 Å². The van der Waals surface area contributed by atoms with Gasteiger partial charge in [0.15, 0.2) is 0 Å². The van der Waals surface area contributed by atoms with Gasteiger partial charge in [-0.15, -0.1) is 0 Å². The van der Waals surface area contributed by atoms with Gasteiger partial charge in [0, 0.05) is 12.7 Å². The van der Waals surface area contributed by atoms with Crippen molar-refractivity contribution >= 4 is 16.5 Å². The highest BCUT2D eigenvalue weighted by molar-refractivity contribution is 6.03. The number of oxime groups is 1. The van der Waals surface area contributed by atoms with Crippen molar-refractivity contribution in [2.75, 3.05) is 13.7 Å². The van der Waals surface area contributed by atoms with Gasteiger partial charge in [-0.05, 0) is 16.8 Å². The fraction of sp³-hybridized carbons (Fsp3) is 0.154. The third-order valence-corrected chi connectivity index (χ3v) is 2.48. The first-order valence-corrected chi connectivity index (χ1v) is 5.04. The van der Waals surface area contributed by atoms with Crippen molar-refractivity contribution in [3.05, 3.63) is 48.0 Å². The van der Waals surface area contributed by atoms with E-state index >= 15 is 0 Å². The molecule has 0 heterocycles. The SMILES string of the molecule is COCC(=NO)c1ccc2ccccc2c1. The Morgan fingerprint density at radius 1 is 1.19 bits per heavy atom. The molecule has 2 aromatic rings. The molecule has 1 N–H and O–H groups in total. The molecule has 0 atom stereocenters. The van der Waals surface area contributed by atoms with E-state index in [1.807, 2.05) is 42.5 Å². The van der Waals surface area contributed by atoms with E-state index in [-0.39, 0.29) is 0 Å². The molecular weight excluding hydrogens is 202 g/mol. The number of methoxy groups -OCH3 is 1. The van der Waals surface area contributed by atoms with Crippen LogP contribution in [0.3, 0.4) is 0 Å². The van der Waals surface area contributed by atoms with E-state index in [4.69, 9.17) is 9.94 Å². The molecule has 0 aliphatic rings. The topological polar surface area (TPSA) is 41.8 Å². The van der Waals surface area contributed by atoms with Crippen LogP contribution < -0.4 is 0 Å². The van der Waals surface area contributed by atoms with Gasteiger partial charge in [-0.1, -0.05) is 41.6 Å². The Hall–Kier alpha value is -1.87. The molecule has 0 aliphatic carbocycles. The van der Waals surface area contributed by atoms with Crippen LogP contribution in [0.25, 0.3) is 10.8 Å². The summed E-state index contributed by atoms with van der Waals surface area (Å²) < 4.78 is 4.97. The second kappa shape index (κ2) is 4.77. The van der Waals surface area contributed by atoms with Crippen molar-refractivity contribution in [2.24, 2.45) is 5.16 Å². The highest BCUT2D eigenvalue weighted by Crippen LogP contribution is 2.16. The molecule has 3 nitrogen and oxygen atoms in total. The van der Waals surface area contributed by atoms with E-state index in [2.05, 4.69) is 5.16 Å². The molecule has 0 spiro atoms. The molecule has 2 aromatic carbocycles. The molecule has 0 aliphatic heterocycles. The molecule has 16 heavy (non-hydrogen) atoms. The second-order valence-electron chi connectivity index (χ2n) is 3.54. The fourth-order valence-corrected chi connectivity index (χ4v) is 1.68. The van der Waals surface area contributed by atoms with Crippen molar-refractivity contribution in [1.29, 1.82) is 0 Å². The lowest BCUT2D eigenvalue weighted by molar-refractivity contribution is 0.238. The molecule has 0 saturated carbocycles. The normalized spacial score (nSPS) is 11.9. The Labute approximate surface area is 94.0 Å². The molecule has 0 saturated heterocycles. The minimum absolute atomic E-state index is 0.300. The zero-order valence-electron chi connectivity index (χ0n) is 9.05. The first-order chi connectivity index (χ1) is 7.85. The molecule has 0 aromatic heterocycles. The van der Waals surface area contributed by atoms with Crippen LogP contribution in [0.15, 0.2) is 47.6 Å². The Morgan fingerprint density at radius 3 is 2.62 bits per heavy atom. The lowest BCUT2D eigenvalue weighted by atomic mass is 10.0. The maximum Gasteiger partial charge on any atom is 0.112 e. The maximum absolute atomic E-state index is 8.89. The zero-order chi connectivity index (χ0) is 11.4. The summed E-state index contributed by atoms with van der Waals surface area (Å²) in [5.41, 5.74) is 1.41. The monoisotopic (exact) mass is 215 g/mol. The van der Waals surface area contributed by atoms with Crippen LogP contribution in [0.4, 0.5) is 0 Å². The average molecular weight is 215 g/mol. The van der Waals surface area contributed by atoms with E-state index in [1.165, 1.54) is 5.39 Å². The van der Waals surface area contributed by atoms with E-state index in [9.17, 15) is 0 Å². The predicted octanol–water partition coefficient (Wildman–Crippen LogP) is 2.66. The Kier molecular flexibility index (Phi) is 3.17. The average Bonchev–Trinajstić information content (AvgIpc) is 2.35. The fourth-order valence-electron chi connectivity index (χ4n) is 1.68. The van der Waals surface area contributed by atoms with Crippen molar-refractivity contribution in [2.45, 2.75) is 0 Å². The van der Waals surface area contributed by atoms with Gasteiger partial charge < -0.3 is 9.94 Å². The maximum atomic E-state index is 8.89. The molecule has 0 bridgehead atoms. The second-order valence-corrected chi connectivity index (χ2v) is 3.54. The number of fused-ring (bicyclic) bond motifs is 1. The van der Waals surface area contributed by atoms with Gasteiger partial charge in [-0.2, -0.15) is 0 Å². The van der Waals surface area contributed by atoms with Crippen LogP contribution in [-0.2, 0) is 4.74 Å². The van der Waals surface area contributed by atoms with Crippen molar-refractivity contribution in [3.8, 4) is 0 Å². The molecule has 82 valence electrons. The van der Waals surface area contributed by atoms with Crippen LogP contribution in [0.2, 0.25) is 0 Å². The molecule has 0 fully saturated rings. The predicted molar refractivity (Wildman–Crippen MR) is 64.1 cm³/mol. The molecule has 2 rings (SSSR count). The zero-order valence-corrected chi connectivity index (χ0v) is 9.05.